The summed E-state index contributed by atoms with van der Waals surface area (Å²) < 4.78 is 11.4. The van der Waals surface area contributed by atoms with Crippen LogP contribution >= 0.6 is 0 Å². The number of ether oxygens (including phenoxy) is 2. The molecule has 0 spiro atoms. The van der Waals surface area contributed by atoms with Crippen LogP contribution in [0.5, 0.6) is 11.5 Å². The molecule has 23 heavy (non-hydrogen) atoms. The number of anilines is 1. The van der Waals surface area contributed by atoms with Crippen LogP contribution in [0.25, 0.3) is 0 Å². The molecule has 0 amide bonds. The Labute approximate surface area is 136 Å². The number of hydrogen-bond acceptors (Lipinski definition) is 3. The van der Waals surface area contributed by atoms with Gasteiger partial charge in [0.1, 0.15) is 11.5 Å². The van der Waals surface area contributed by atoms with Crippen molar-refractivity contribution in [2.45, 2.75) is 6.23 Å². The monoisotopic (exact) mass is 305 g/mol. The molecule has 0 aromatic heterocycles. The second-order valence-electron chi connectivity index (χ2n) is 5.11. The maximum absolute atomic E-state index is 5.80. The highest BCUT2D eigenvalue weighted by atomic mass is 16.5. The minimum atomic E-state index is -0.205. The Morgan fingerprint density at radius 2 is 1.26 bits per heavy atom. The zero-order valence-corrected chi connectivity index (χ0v) is 13.0. The second kappa shape index (κ2) is 7.47. The van der Waals surface area contributed by atoms with Crippen LogP contribution in [-0.4, -0.2) is 7.11 Å². The Hall–Kier alpha value is -2.78. The highest BCUT2D eigenvalue weighted by molar-refractivity contribution is 5.45. The van der Waals surface area contributed by atoms with Crippen LogP contribution in [0.3, 0.4) is 0 Å². The lowest BCUT2D eigenvalue weighted by Crippen LogP contribution is -2.12. The summed E-state index contributed by atoms with van der Waals surface area (Å²) in [5, 5.41) is 3.35. The first-order valence-electron chi connectivity index (χ1n) is 7.52. The van der Waals surface area contributed by atoms with E-state index in [9.17, 15) is 0 Å². The topological polar surface area (TPSA) is 30.5 Å². The molecule has 0 bridgehead atoms. The molecule has 3 rings (SSSR count). The molecule has 0 aliphatic rings. The van der Waals surface area contributed by atoms with E-state index in [4.69, 9.17) is 9.47 Å². The highest BCUT2D eigenvalue weighted by Crippen LogP contribution is 2.25. The van der Waals surface area contributed by atoms with Gasteiger partial charge in [-0.1, -0.05) is 48.5 Å². The van der Waals surface area contributed by atoms with Gasteiger partial charge < -0.3 is 14.8 Å². The summed E-state index contributed by atoms with van der Waals surface area (Å²) in [5.41, 5.74) is 2.06. The van der Waals surface area contributed by atoms with Crippen molar-refractivity contribution in [3.63, 3.8) is 0 Å². The van der Waals surface area contributed by atoms with Gasteiger partial charge in [-0.05, 0) is 36.4 Å². The fourth-order valence-corrected chi connectivity index (χ4v) is 2.30. The number of rotatable bonds is 6. The van der Waals surface area contributed by atoms with Crippen molar-refractivity contribution in [2.75, 3.05) is 12.4 Å². The summed E-state index contributed by atoms with van der Waals surface area (Å²) in [6.45, 7) is 0. The van der Waals surface area contributed by atoms with Gasteiger partial charge in [0.05, 0.1) is 0 Å². The van der Waals surface area contributed by atoms with Gasteiger partial charge in [0.15, 0.2) is 6.23 Å². The summed E-state index contributed by atoms with van der Waals surface area (Å²) in [7, 11) is 1.69. The number of methoxy groups -OCH3 is 1. The molecule has 1 atom stereocenters. The molecule has 0 heterocycles. The average Bonchev–Trinajstić information content (AvgIpc) is 2.62. The largest absolute Gasteiger partial charge is 0.457 e. The first kappa shape index (κ1) is 15.1. The van der Waals surface area contributed by atoms with Crippen molar-refractivity contribution in [3.05, 3.63) is 90.5 Å². The van der Waals surface area contributed by atoms with Crippen LogP contribution in [-0.2, 0) is 4.74 Å². The lowest BCUT2D eigenvalue weighted by molar-refractivity contribution is 0.127. The van der Waals surface area contributed by atoms with Crippen molar-refractivity contribution in [3.8, 4) is 11.5 Å². The molecule has 3 heteroatoms. The van der Waals surface area contributed by atoms with Crippen molar-refractivity contribution in [2.24, 2.45) is 0 Å². The van der Waals surface area contributed by atoms with Crippen LogP contribution < -0.4 is 10.1 Å². The molecule has 0 saturated heterocycles. The van der Waals surface area contributed by atoms with E-state index in [2.05, 4.69) is 5.32 Å². The van der Waals surface area contributed by atoms with Gasteiger partial charge >= 0.3 is 0 Å². The first-order chi connectivity index (χ1) is 11.3. The van der Waals surface area contributed by atoms with E-state index in [0.717, 1.165) is 22.7 Å². The molecule has 116 valence electrons. The molecule has 0 radical (unpaired) electrons. The van der Waals surface area contributed by atoms with Crippen molar-refractivity contribution in [1.82, 2.24) is 0 Å². The molecule has 3 nitrogen and oxygen atoms in total. The van der Waals surface area contributed by atoms with Crippen LogP contribution in [0.2, 0.25) is 0 Å². The zero-order valence-electron chi connectivity index (χ0n) is 13.0. The van der Waals surface area contributed by atoms with E-state index >= 15 is 0 Å². The molecule has 0 aliphatic heterocycles. The summed E-state index contributed by atoms with van der Waals surface area (Å²) >= 11 is 0. The Kier molecular flexibility index (Phi) is 4.92. The van der Waals surface area contributed by atoms with Crippen molar-refractivity contribution in [1.29, 1.82) is 0 Å². The van der Waals surface area contributed by atoms with Crippen molar-refractivity contribution < 1.29 is 9.47 Å². The maximum atomic E-state index is 5.80. The zero-order chi connectivity index (χ0) is 15.9. The van der Waals surface area contributed by atoms with Gasteiger partial charge in [0, 0.05) is 18.4 Å². The van der Waals surface area contributed by atoms with Gasteiger partial charge in [-0.3, -0.25) is 0 Å². The highest BCUT2D eigenvalue weighted by Gasteiger charge is 2.10. The Morgan fingerprint density at radius 1 is 0.696 bits per heavy atom. The summed E-state index contributed by atoms with van der Waals surface area (Å²) in [6.07, 6.45) is -0.205. The number of nitrogens with one attached hydrogen (secondary N) is 1. The fraction of sp³-hybridized carbons (Fsp3) is 0.100. The third-order valence-electron chi connectivity index (χ3n) is 3.47. The van der Waals surface area contributed by atoms with E-state index < -0.39 is 0 Å². The molecule has 1 unspecified atom stereocenters. The fourth-order valence-electron chi connectivity index (χ4n) is 2.30. The van der Waals surface area contributed by atoms with Crippen molar-refractivity contribution >= 4 is 5.69 Å². The molecular weight excluding hydrogens is 286 g/mol. The molecule has 3 aromatic rings. The van der Waals surface area contributed by atoms with E-state index in [1.807, 2.05) is 84.9 Å². The van der Waals surface area contributed by atoms with Gasteiger partial charge in [-0.25, -0.2) is 0 Å². The second-order valence-corrected chi connectivity index (χ2v) is 5.11. The molecule has 0 saturated carbocycles. The van der Waals surface area contributed by atoms with E-state index in [1.54, 1.807) is 7.11 Å². The lowest BCUT2D eigenvalue weighted by Gasteiger charge is -2.19. The number of hydrogen-bond donors (Lipinski definition) is 1. The van der Waals surface area contributed by atoms with Crippen LogP contribution in [0.4, 0.5) is 5.69 Å². The third kappa shape index (κ3) is 4.11. The van der Waals surface area contributed by atoms with Crippen LogP contribution in [0, 0.1) is 0 Å². The first-order valence-corrected chi connectivity index (χ1v) is 7.52. The normalized spacial score (nSPS) is 11.7. The van der Waals surface area contributed by atoms with Gasteiger partial charge in [0.25, 0.3) is 0 Å². The molecular formula is C20H19NO2. The molecule has 1 N–H and O–H groups in total. The minimum Gasteiger partial charge on any atom is -0.457 e. The van der Waals surface area contributed by atoms with Crippen LogP contribution in [0.15, 0.2) is 84.9 Å². The van der Waals surface area contributed by atoms with Gasteiger partial charge in [0.2, 0.25) is 0 Å². The SMILES string of the molecule is COC(Nc1ccccc1)c1ccc(Oc2ccccc2)cc1. The predicted molar refractivity (Wildman–Crippen MR) is 92.8 cm³/mol. The standard InChI is InChI=1S/C20H19NO2/c1-22-20(21-17-8-4-2-5-9-17)16-12-14-19(15-13-16)23-18-10-6-3-7-11-18/h2-15,20-21H,1H3. The average molecular weight is 305 g/mol. The summed E-state index contributed by atoms with van der Waals surface area (Å²) in [5.74, 6) is 1.63. The minimum absolute atomic E-state index is 0.205. The van der Waals surface area contributed by atoms with Gasteiger partial charge in [-0.2, -0.15) is 0 Å². The quantitative estimate of drug-likeness (QED) is 0.632. The Balaban J connectivity index is 1.70. The van der Waals surface area contributed by atoms with Crippen LogP contribution in [0.1, 0.15) is 11.8 Å². The Morgan fingerprint density at radius 3 is 1.87 bits per heavy atom. The van der Waals surface area contributed by atoms with Gasteiger partial charge in [-0.15, -0.1) is 0 Å². The predicted octanol–water partition coefficient (Wildman–Crippen LogP) is 5.24. The molecule has 0 aliphatic carbocycles. The lowest BCUT2D eigenvalue weighted by atomic mass is 10.2. The number of benzene rings is 3. The third-order valence-corrected chi connectivity index (χ3v) is 3.47. The van der Waals surface area contributed by atoms with E-state index in [-0.39, 0.29) is 6.23 Å². The number of para-hydroxylation sites is 2. The Bertz CT molecular complexity index is 712. The molecule has 3 aromatic carbocycles. The summed E-state index contributed by atoms with van der Waals surface area (Å²) in [6, 6.07) is 27.6. The summed E-state index contributed by atoms with van der Waals surface area (Å²) in [4.78, 5) is 0. The maximum Gasteiger partial charge on any atom is 0.153 e. The van der Waals surface area contributed by atoms with E-state index in [0.29, 0.717) is 0 Å². The van der Waals surface area contributed by atoms with E-state index in [1.165, 1.54) is 0 Å². The smallest absolute Gasteiger partial charge is 0.153 e. The molecule has 0 fully saturated rings.